The Hall–Kier alpha value is -1.84. The average Bonchev–Trinajstić information content (AvgIpc) is 2.74. The average molecular weight is 229 g/mol. The minimum Gasteiger partial charge on any atom is -0.358 e. The highest BCUT2D eigenvalue weighted by Gasteiger charge is 2.45. The van der Waals surface area contributed by atoms with Crippen LogP contribution < -0.4 is 5.32 Å². The lowest BCUT2D eigenvalue weighted by Crippen LogP contribution is -2.48. The summed E-state index contributed by atoms with van der Waals surface area (Å²) in [6.45, 7) is 0. The van der Waals surface area contributed by atoms with Crippen molar-refractivity contribution in [3.8, 4) is 0 Å². The fourth-order valence-electron chi connectivity index (χ4n) is 2.61. The van der Waals surface area contributed by atoms with Gasteiger partial charge in [0.1, 0.15) is 0 Å². The summed E-state index contributed by atoms with van der Waals surface area (Å²) in [5.74, 6) is 0.121. The van der Waals surface area contributed by atoms with Crippen LogP contribution in [0.25, 0.3) is 5.52 Å². The fraction of sp³-hybridized carbons (Fsp3) is 0.385. The van der Waals surface area contributed by atoms with Gasteiger partial charge in [-0.15, -0.1) is 0 Å². The summed E-state index contributed by atoms with van der Waals surface area (Å²) < 4.78 is 1.83. The van der Waals surface area contributed by atoms with E-state index in [1.165, 1.54) is 0 Å². The first-order valence-corrected chi connectivity index (χ1v) is 5.92. The topological polar surface area (TPSA) is 46.4 Å². The first-order valence-electron chi connectivity index (χ1n) is 5.92. The molecule has 2 heterocycles. The molecule has 17 heavy (non-hydrogen) atoms. The van der Waals surface area contributed by atoms with Crippen molar-refractivity contribution in [2.45, 2.75) is 24.7 Å². The van der Waals surface area contributed by atoms with Gasteiger partial charge in [-0.1, -0.05) is 12.5 Å². The van der Waals surface area contributed by atoms with Gasteiger partial charge in [-0.25, -0.2) is 4.52 Å². The van der Waals surface area contributed by atoms with Gasteiger partial charge in [-0.3, -0.25) is 4.79 Å². The molecule has 4 heteroatoms. The molecule has 2 aromatic rings. The molecule has 2 aromatic heterocycles. The Kier molecular flexibility index (Phi) is 2.18. The quantitative estimate of drug-likeness (QED) is 0.848. The summed E-state index contributed by atoms with van der Waals surface area (Å²) in [4.78, 5) is 12.1. The smallest absolute Gasteiger partial charge is 0.230 e. The maximum Gasteiger partial charge on any atom is 0.230 e. The highest BCUT2D eigenvalue weighted by atomic mass is 16.2. The first kappa shape index (κ1) is 10.3. The predicted molar refractivity (Wildman–Crippen MR) is 64.8 cm³/mol. The number of hydrogen-bond acceptors (Lipinski definition) is 2. The molecule has 1 N–H and O–H groups in total. The van der Waals surface area contributed by atoms with E-state index in [1.807, 2.05) is 28.9 Å². The first-order chi connectivity index (χ1) is 8.26. The number of nitrogens with one attached hydrogen (secondary N) is 1. The fourth-order valence-corrected chi connectivity index (χ4v) is 2.61. The van der Waals surface area contributed by atoms with Crippen LogP contribution in [0.1, 0.15) is 24.8 Å². The van der Waals surface area contributed by atoms with E-state index >= 15 is 0 Å². The van der Waals surface area contributed by atoms with Gasteiger partial charge in [-0.2, -0.15) is 5.10 Å². The standard InChI is InChI=1S/C13H15N3O/c1-14-12(17)13(6-2-7-13)10-3-4-11-5-8-15-16(11)9-10/h3-5,8-9H,2,6-7H2,1H3,(H,14,17). The molecule has 0 atom stereocenters. The number of carbonyl (C=O) groups excluding carboxylic acids is 1. The second kappa shape index (κ2) is 3.58. The number of amides is 1. The van der Waals surface area contributed by atoms with Crippen LogP contribution in [0.4, 0.5) is 0 Å². The van der Waals surface area contributed by atoms with Gasteiger partial charge in [0, 0.05) is 19.4 Å². The summed E-state index contributed by atoms with van der Waals surface area (Å²) in [6, 6.07) is 6.02. The highest BCUT2D eigenvalue weighted by molar-refractivity contribution is 5.89. The highest BCUT2D eigenvalue weighted by Crippen LogP contribution is 2.43. The molecule has 0 aliphatic heterocycles. The largest absolute Gasteiger partial charge is 0.358 e. The molecule has 4 nitrogen and oxygen atoms in total. The summed E-state index contributed by atoms with van der Waals surface area (Å²) >= 11 is 0. The maximum absolute atomic E-state index is 12.1. The van der Waals surface area contributed by atoms with Gasteiger partial charge in [0.05, 0.1) is 10.9 Å². The lowest BCUT2D eigenvalue weighted by atomic mass is 9.64. The third-order valence-corrected chi connectivity index (χ3v) is 3.82. The van der Waals surface area contributed by atoms with Crippen LogP contribution >= 0.6 is 0 Å². The molecule has 88 valence electrons. The molecule has 3 rings (SSSR count). The summed E-state index contributed by atoms with van der Waals surface area (Å²) in [5.41, 5.74) is 1.80. The summed E-state index contributed by atoms with van der Waals surface area (Å²) in [6.07, 6.45) is 6.72. The van der Waals surface area contributed by atoms with Crippen LogP contribution in [0.3, 0.4) is 0 Å². The van der Waals surface area contributed by atoms with E-state index in [0.29, 0.717) is 0 Å². The van der Waals surface area contributed by atoms with Crippen LogP contribution in [-0.2, 0) is 10.2 Å². The van der Waals surface area contributed by atoms with Gasteiger partial charge in [0.15, 0.2) is 0 Å². The summed E-state index contributed by atoms with van der Waals surface area (Å²) in [7, 11) is 1.70. The molecule has 0 spiro atoms. The number of fused-ring (bicyclic) bond motifs is 1. The molecule has 0 radical (unpaired) electrons. The monoisotopic (exact) mass is 229 g/mol. The van der Waals surface area contributed by atoms with E-state index in [9.17, 15) is 4.79 Å². The Balaban J connectivity index is 2.09. The molecule has 0 bridgehead atoms. The van der Waals surface area contributed by atoms with E-state index in [1.54, 1.807) is 13.2 Å². The zero-order valence-corrected chi connectivity index (χ0v) is 9.81. The van der Waals surface area contributed by atoms with Crippen LogP contribution in [0, 0.1) is 0 Å². The Morgan fingerprint density at radius 2 is 2.24 bits per heavy atom. The van der Waals surface area contributed by atoms with Gasteiger partial charge in [-0.05, 0) is 30.5 Å². The molecule has 0 saturated heterocycles. The molecular formula is C13H15N3O. The Morgan fingerprint density at radius 1 is 1.41 bits per heavy atom. The predicted octanol–water partition coefficient (Wildman–Crippen LogP) is 1.50. The normalized spacial score (nSPS) is 17.7. The number of carbonyl (C=O) groups is 1. The van der Waals surface area contributed by atoms with Crippen LogP contribution in [0.5, 0.6) is 0 Å². The number of pyridine rings is 1. The molecule has 1 fully saturated rings. The number of likely N-dealkylation sites (N-methyl/N-ethyl adjacent to an activating group) is 1. The third kappa shape index (κ3) is 1.37. The number of hydrogen-bond donors (Lipinski definition) is 1. The molecule has 1 aliphatic carbocycles. The number of aromatic nitrogens is 2. The van der Waals surface area contributed by atoms with E-state index in [2.05, 4.69) is 10.4 Å². The van der Waals surface area contributed by atoms with Crippen molar-refractivity contribution in [2.75, 3.05) is 7.05 Å². The van der Waals surface area contributed by atoms with Crippen LogP contribution in [0.15, 0.2) is 30.6 Å². The van der Waals surface area contributed by atoms with Crippen molar-refractivity contribution < 1.29 is 4.79 Å². The van der Waals surface area contributed by atoms with Crippen LogP contribution in [0.2, 0.25) is 0 Å². The van der Waals surface area contributed by atoms with Gasteiger partial charge < -0.3 is 5.32 Å². The maximum atomic E-state index is 12.1. The van der Waals surface area contributed by atoms with Crippen molar-refractivity contribution in [3.63, 3.8) is 0 Å². The van der Waals surface area contributed by atoms with Gasteiger partial charge in [0.25, 0.3) is 0 Å². The van der Waals surface area contributed by atoms with Crippen molar-refractivity contribution in [3.05, 3.63) is 36.2 Å². The molecular weight excluding hydrogens is 214 g/mol. The van der Waals surface area contributed by atoms with Crippen LogP contribution in [-0.4, -0.2) is 22.6 Å². The van der Waals surface area contributed by atoms with E-state index < -0.39 is 0 Å². The molecule has 1 aliphatic rings. The zero-order chi connectivity index (χ0) is 11.9. The Bertz CT molecular complexity index is 569. The Morgan fingerprint density at radius 3 is 2.88 bits per heavy atom. The van der Waals surface area contributed by atoms with Crippen molar-refractivity contribution in [1.82, 2.24) is 14.9 Å². The molecule has 0 aromatic carbocycles. The second-order valence-corrected chi connectivity index (χ2v) is 4.63. The lowest BCUT2D eigenvalue weighted by Gasteiger charge is -2.40. The van der Waals surface area contributed by atoms with Crippen molar-refractivity contribution in [2.24, 2.45) is 0 Å². The molecule has 1 saturated carbocycles. The molecule has 0 unspecified atom stereocenters. The lowest BCUT2D eigenvalue weighted by molar-refractivity contribution is -0.129. The van der Waals surface area contributed by atoms with E-state index in [0.717, 1.165) is 30.3 Å². The van der Waals surface area contributed by atoms with Gasteiger partial charge in [0.2, 0.25) is 5.91 Å². The third-order valence-electron chi connectivity index (χ3n) is 3.82. The van der Waals surface area contributed by atoms with E-state index in [4.69, 9.17) is 0 Å². The minimum absolute atomic E-state index is 0.121. The molecule has 1 amide bonds. The van der Waals surface area contributed by atoms with E-state index in [-0.39, 0.29) is 11.3 Å². The minimum atomic E-state index is -0.325. The SMILES string of the molecule is CNC(=O)C1(c2ccc3ccnn3c2)CCC1. The summed E-state index contributed by atoms with van der Waals surface area (Å²) in [5, 5.41) is 7.00. The van der Waals surface area contributed by atoms with Gasteiger partial charge >= 0.3 is 0 Å². The number of rotatable bonds is 2. The van der Waals surface area contributed by atoms with Crippen molar-refractivity contribution >= 4 is 11.4 Å². The van der Waals surface area contributed by atoms with Crippen molar-refractivity contribution in [1.29, 1.82) is 0 Å². The number of nitrogens with zero attached hydrogens (tertiary/aromatic N) is 2. The zero-order valence-electron chi connectivity index (χ0n) is 9.81. The Labute approximate surface area is 99.6 Å². The second-order valence-electron chi connectivity index (χ2n) is 4.63.